The first-order valence-electron chi connectivity index (χ1n) is 6.30. The molecule has 0 amide bonds. The van der Waals surface area contributed by atoms with Gasteiger partial charge in [0, 0.05) is 0 Å². The van der Waals surface area contributed by atoms with Crippen LogP contribution in [0.4, 0.5) is 0 Å². The molecule has 1 N–H and O–H groups in total. The van der Waals surface area contributed by atoms with E-state index in [-0.39, 0.29) is 4.90 Å². The van der Waals surface area contributed by atoms with Crippen molar-refractivity contribution in [2.75, 3.05) is 0 Å². The van der Waals surface area contributed by atoms with Crippen molar-refractivity contribution in [3.8, 4) is 6.07 Å². The zero-order valence-electron chi connectivity index (χ0n) is 12.4. The standard InChI is InChI=1S/C14H18N2O4S/c1-10(13(17)20-14(2,3)4)16-21(18,19)12-7-5-11(9-15)6-8-12/h5-8,10,16H,1-4H3/t10-/m1/s1. The van der Waals surface area contributed by atoms with E-state index in [1.165, 1.54) is 31.2 Å². The first-order valence-corrected chi connectivity index (χ1v) is 7.79. The Morgan fingerprint density at radius 2 is 1.81 bits per heavy atom. The van der Waals surface area contributed by atoms with Crippen LogP contribution in [-0.4, -0.2) is 26.0 Å². The topological polar surface area (TPSA) is 96.3 Å². The van der Waals surface area contributed by atoms with Gasteiger partial charge in [-0.15, -0.1) is 0 Å². The van der Waals surface area contributed by atoms with E-state index in [0.717, 1.165) is 0 Å². The molecular weight excluding hydrogens is 292 g/mol. The van der Waals surface area contributed by atoms with Gasteiger partial charge in [-0.05, 0) is 52.0 Å². The number of carbonyl (C=O) groups is 1. The number of hydrogen-bond acceptors (Lipinski definition) is 5. The molecule has 1 atom stereocenters. The highest BCUT2D eigenvalue weighted by atomic mass is 32.2. The summed E-state index contributed by atoms with van der Waals surface area (Å²) in [5.74, 6) is -0.653. The Bertz CT molecular complexity index is 652. The lowest BCUT2D eigenvalue weighted by Gasteiger charge is -2.22. The molecule has 21 heavy (non-hydrogen) atoms. The summed E-state index contributed by atoms with van der Waals surface area (Å²) in [6, 6.07) is 6.30. The van der Waals surface area contributed by atoms with Crippen molar-refractivity contribution >= 4 is 16.0 Å². The molecule has 114 valence electrons. The van der Waals surface area contributed by atoms with Crippen LogP contribution in [0, 0.1) is 11.3 Å². The van der Waals surface area contributed by atoms with Crippen molar-refractivity contribution in [1.82, 2.24) is 4.72 Å². The SMILES string of the molecule is C[C@@H](NS(=O)(=O)c1ccc(C#N)cc1)C(=O)OC(C)(C)C. The summed E-state index contributed by atoms with van der Waals surface area (Å²) in [6.07, 6.45) is 0. The lowest BCUT2D eigenvalue weighted by Crippen LogP contribution is -2.42. The largest absolute Gasteiger partial charge is 0.459 e. The normalized spacial score (nSPS) is 13.3. The molecule has 0 bridgehead atoms. The van der Waals surface area contributed by atoms with Gasteiger partial charge < -0.3 is 4.74 Å². The maximum absolute atomic E-state index is 12.1. The zero-order valence-corrected chi connectivity index (χ0v) is 13.2. The molecule has 0 saturated carbocycles. The maximum Gasteiger partial charge on any atom is 0.324 e. The lowest BCUT2D eigenvalue weighted by atomic mass is 10.2. The van der Waals surface area contributed by atoms with Crippen molar-refractivity contribution < 1.29 is 17.9 Å². The van der Waals surface area contributed by atoms with Gasteiger partial charge in [-0.3, -0.25) is 4.79 Å². The van der Waals surface area contributed by atoms with E-state index in [1.807, 2.05) is 6.07 Å². The van der Waals surface area contributed by atoms with E-state index in [9.17, 15) is 13.2 Å². The van der Waals surface area contributed by atoms with Gasteiger partial charge in [0.1, 0.15) is 11.6 Å². The van der Waals surface area contributed by atoms with Gasteiger partial charge in [-0.1, -0.05) is 0 Å². The molecule has 0 saturated heterocycles. The second-order valence-electron chi connectivity index (χ2n) is 5.51. The van der Waals surface area contributed by atoms with E-state index >= 15 is 0 Å². The van der Waals surface area contributed by atoms with Crippen LogP contribution in [0.25, 0.3) is 0 Å². The minimum Gasteiger partial charge on any atom is -0.459 e. The minimum absolute atomic E-state index is 0.0168. The molecule has 1 rings (SSSR count). The van der Waals surface area contributed by atoms with Gasteiger partial charge >= 0.3 is 5.97 Å². The molecule has 0 radical (unpaired) electrons. The lowest BCUT2D eigenvalue weighted by molar-refractivity contribution is -0.156. The molecule has 7 heteroatoms. The Labute approximate surface area is 124 Å². The summed E-state index contributed by atoms with van der Waals surface area (Å²) in [5, 5.41) is 8.68. The fraction of sp³-hybridized carbons (Fsp3) is 0.429. The number of hydrogen-bond donors (Lipinski definition) is 1. The van der Waals surface area contributed by atoms with Gasteiger partial charge in [-0.2, -0.15) is 9.98 Å². The Balaban J connectivity index is 2.84. The van der Waals surface area contributed by atoms with Gasteiger partial charge in [0.2, 0.25) is 10.0 Å². The summed E-state index contributed by atoms with van der Waals surface area (Å²) in [5.41, 5.74) is -0.334. The van der Waals surface area contributed by atoms with E-state index in [2.05, 4.69) is 4.72 Å². The van der Waals surface area contributed by atoms with Crippen LogP contribution >= 0.6 is 0 Å². The third kappa shape index (κ3) is 5.17. The van der Waals surface area contributed by atoms with Crippen molar-refractivity contribution in [1.29, 1.82) is 5.26 Å². The van der Waals surface area contributed by atoms with Gasteiger partial charge in [-0.25, -0.2) is 8.42 Å². The summed E-state index contributed by atoms with van der Waals surface area (Å²) in [4.78, 5) is 11.8. The summed E-state index contributed by atoms with van der Waals surface area (Å²) in [7, 11) is -3.85. The highest BCUT2D eigenvalue weighted by Crippen LogP contribution is 2.12. The number of ether oxygens (including phenoxy) is 1. The molecule has 0 aliphatic rings. The van der Waals surface area contributed by atoms with E-state index in [4.69, 9.17) is 10.00 Å². The molecule has 0 aliphatic heterocycles. The first-order chi connectivity index (χ1) is 9.55. The second-order valence-corrected chi connectivity index (χ2v) is 7.23. The second kappa shape index (κ2) is 6.24. The Hall–Kier alpha value is -1.91. The summed E-state index contributed by atoms with van der Waals surface area (Å²) in [6.45, 7) is 6.52. The quantitative estimate of drug-likeness (QED) is 0.851. The number of carbonyl (C=O) groups excluding carboxylic acids is 1. The molecule has 0 aliphatic carbocycles. The Kier molecular flexibility index (Phi) is 5.10. The number of nitriles is 1. The van der Waals surface area contributed by atoms with Crippen LogP contribution in [-0.2, 0) is 19.6 Å². The molecule has 0 fully saturated rings. The highest BCUT2D eigenvalue weighted by molar-refractivity contribution is 7.89. The monoisotopic (exact) mass is 310 g/mol. The summed E-state index contributed by atoms with van der Waals surface area (Å²) < 4.78 is 31.6. The predicted octanol–water partition coefficient (Wildman–Crippen LogP) is 1.57. The minimum atomic E-state index is -3.85. The average molecular weight is 310 g/mol. The van der Waals surface area contributed by atoms with Crippen LogP contribution in [0.3, 0.4) is 0 Å². The molecule has 0 spiro atoms. The molecule has 1 aromatic rings. The van der Waals surface area contributed by atoms with Crippen LogP contribution in [0.5, 0.6) is 0 Å². The van der Waals surface area contributed by atoms with Crippen LogP contribution in [0.2, 0.25) is 0 Å². The van der Waals surface area contributed by atoms with E-state index < -0.39 is 27.6 Å². The Morgan fingerprint density at radius 1 is 1.29 bits per heavy atom. The van der Waals surface area contributed by atoms with Crippen molar-refractivity contribution in [3.63, 3.8) is 0 Å². The maximum atomic E-state index is 12.1. The molecule has 1 aromatic carbocycles. The third-order valence-electron chi connectivity index (χ3n) is 2.39. The van der Waals surface area contributed by atoms with Crippen molar-refractivity contribution in [2.45, 2.75) is 44.2 Å². The van der Waals surface area contributed by atoms with Gasteiger partial charge in [0.15, 0.2) is 0 Å². The fourth-order valence-corrected chi connectivity index (χ4v) is 2.64. The number of nitrogens with zero attached hydrogens (tertiary/aromatic N) is 1. The van der Waals surface area contributed by atoms with E-state index in [1.54, 1.807) is 20.8 Å². The highest BCUT2D eigenvalue weighted by Gasteiger charge is 2.26. The third-order valence-corrected chi connectivity index (χ3v) is 3.94. The number of sulfonamides is 1. The zero-order chi connectivity index (χ0) is 16.3. The number of esters is 1. The van der Waals surface area contributed by atoms with Crippen molar-refractivity contribution in [2.24, 2.45) is 0 Å². The first kappa shape index (κ1) is 17.1. The van der Waals surface area contributed by atoms with Crippen LogP contribution in [0.1, 0.15) is 33.3 Å². The summed E-state index contributed by atoms with van der Waals surface area (Å²) >= 11 is 0. The van der Waals surface area contributed by atoms with Gasteiger partial charge in [0.05, 0.1) is 16.5 Å². The smallest absolute Gasteiger partial charge is 0.324 e. The molecule has 6 nitrogen and oxygen atoms in total. The molecule has 0 unspecified atom stereocenters. The molecule has 0 aromatic heterocycles. The predicted molar refractivity (Wildman–Crippen MR) is 76.8 cm³/mol. The number of nitrogens with one attached hydrogen (secondary N) is 1. The fourth-order valence-electron chi connectivity index (χ4n) is 1.45. The molecule has 0 heterocycles. The Morgan fingerprint density at radius 3 is 2.24 bits per heavy atom. The van der Waals surface area contributed by atoms with Crippen molar-refractivity contribution in [3.05, 3.63) is 29.8 Å². The number of rotatable bonds is 4. The molecular formula is C14H18N2O4S. The van der Waals surface area contributed by atoms with Crippen LogP contribution < -0.4 is 4.72 Å². The van der Waals surface area contributed by atoms with Crippen LogP contribution in [0.15, 0.2) is 29.2 Å². The average Bonchev–Trinajstić information content (AvgIpc) is 2.36. The van der Waals surface area contributed by atoms with Gasteiger partial charge in [0.25, 0.3) is 0 Å². The number of benzene rings is 1. The van der Waals surface area contributed by atoms with E-state index in [0.29, 0.717) is 5.56 Å².